The van der Waals surface area contributed by atoms with E-state index in [9.17, 15) is 34.8 Å². The lowest BCUT2D eigenvalue weighted by Crippen LogP contribution is -2.58. The van der Waals surface area contributed by atoms with Gasteiger partial charge in [0.25, 0.3) is 0 Å². The lowest BCUT2D eigenvalue weighted by Gasteiger charge is -2.40. The number of aromatic hydroxyl groups is 2. The highest BCUT2D eigenvalue weighted by Gasteiger charge is 2.46. The van der Waals surface area contributed by atoms with Crippen molar-refractivity contribution >= 4 is 23.1 Å². The molecule has 12 nitrogen and oxygen atoms in total. The smallest absolute Gasteiger partial charge is 0.202 e. The van der Waals surface area contributed by atoms with Crippen molar-refractivity contribution in [2.24, 2.45) is 11.7 Å². The first-order valence-electron chi connectivity index (χ1n) is 12.3. The molecule has 0 spiro atoms. The molecule has 39 heavy (non-hydrogen) atoms. The Kier molecular flexibility index (Phi) is 6.77. The predicted molar refractivity (Wildman–Crippen MR) is 133 cm³/mol. The third-order valence-corrected chi connectivity index (χ3v) is 7.73. The van der Waals surface area contributed by atoms with E-state index in [-0.39, 0.29) is 46.6 Å². The summed E-state index contributed by atoms with van der Waals surface area (Å²) in [5.41, 5.74) is 4.68. The molecule has 1 fully saturated rings. The number of aliphatic hydroxyl groups excluding tert-OH is 2. The van der Waals surface area contributed by atoms with Crippen molar-refractivity contribution in [3.8, 4) is 17.2 Å². The summed E-state index contributed by atoms with van der Waals surface area (Å²) >= 11 is 0. The average Bonchev–Trinajstić information content (AvgIpc) is 2.93. The Morgan fingerprint density at radius 1 is 1.15 bits per heavy atom. The zero-order valence-electron chi connectivity index (χ0n) is 21.1. The fraction of sp³-hybridized carbons (Fsp3) is 0.407. The van der Waals surface area contributed by atoms with E-state index >= 15 is 0 Å². The monoisotopic (exact) mass is 540 g/mol. The molecule has 2 aliphatic carbocycles. The van der Waals surface area contributed by atoms with Gasteiger partial charge < -0.3 is 45.8 Å². The molecule has 1 saturated heterocycles. The van der Waals surface area contributed by atoms with Crippen molar-refractivity contribution in [3.63, 3.8) is 0 Å². The average molecular weight is 541 g/mol. The highest BCUT2D eigenvalue weighted by molar-refractivity contribution is 6.31. The molecule has 6 atom stereocenters. The van der Waals surface area contributed by atoms with Crippen LogP contribution in [0.2, 0.25) is 0 Å². The van der Waals surface area contributed by atoms with E-state index in [1.54, 1.807) is 0 Å². The minimum absolute atomic E-state index is 0.00141. The molecular formula is C27H28N2O10. The maximum Gasteiger partial charge on any atom is 0.202 e. The third kappa shape index (κ3) is 4.03. The van der Waals surface area contributed by atoms with E-state index in [0.29, 0.717) is 0 Å². The van der Waals surface area contributed by atoms with Crippen LogP contribution in [0.1, 0.15) is 62.4 Å². The fourth-order valence-electron chi connectivity index (χ4n) is 5.61. The van der Waals surface area contributed by atoms with Crippen LogP contribution >= 0.6 is 0 Å². The number of fused-ring (bicyclic) bond motifs is 3. The molecule has 0 amide bonds. The number of phenols is 2. The molecule has 2 unspecified atom stereocenters. The Bertz CT molecular complexity index is 1420. The minimum Gasteiger partial charge on any atom is -0.507 e. The van der Waals surface area contributed by atoms with Gasteiger partial charge in [-0.25, -0.2) is 0 Å². The normalized spacial score (nSPS) is 28.0. The van der Waals surface area contributed by atoms with Crippen LogP contribution in [0.5, 0.6) is 17.2 Å². The standard InChI is InChI=1S/C27H28N2O10/c1-9-22(32)20(28)21(29)27(38-9)39-15-7-10(13(31)8-30)6-12-17(15)26(36)19-18(24(12)34)23(33)11-4-3-5-14(37-2)16(11)25(19)35/h3-5,9-10,15,20,22,27,29-30,32,34,36H,6-8,28H2,1-2H3/t9-,10+,15-,20-,22?,27?/m0/s1. The second kappa shape index (κ2) is 9.81. The number of nitrogens with two attached hydrogens (primary N) is 1. The largest absolute Gasteiger partial charge is 0.507 e. The predicted octanol–water partition coefficient (Wildman–Crippen LogP) is 0.516. The van der Waals surface area contributed by atoms with Gasteiger partial charge in [0.15, 0.2) is 17.9 Å². The van der Waals surface area contributed by atoms with Gasteiger partial charge in [-0.2, -0.15) is 0 Å². The van der Waals surface area contributed by atoms with E-state index < -0.39 is 83.1 Å². The SMILES string of the molecule is COc1cccc2c1C(=O)c1c(O)c3c(c(O)c1C2=O)C[C@@H](C(=O)CO)C[C@@H]3OC1O[C@@H](C)C(O)[C@@H](N)C1=N. The first-order valence-corrected chi connectivity index (χ1v) is 12.3. The first kappa shape index (κ1) is 26.9. The number of methoxy groups -OCH3 is 1. The number of nitrogens with one attached hydrogen (secondary N) is 1. The Morgan fingerprint density at radius 3 is 2.51 bits per heavy atom. The summed E-state index contributed by atoms with van der Waals surface area (Å²) < 4.78 is 16.9. The van der Waals surface area contributed by atoms with Crippen LogP contribution in [0.4, 0.5) is 0 Å². The maximum atomic E-state index is 13.6. The molecule has 1 heterocycles. The summed E-state index contributed by atoms with van der Waals surface area (Å²) in [6.45, 7) is 0.744. The highest BCUT2D eigenvalue weighted by atomic mass is 16.7. The van der Waals surface area contributed by atoms with Crippen molar-refractivity contribution in [1.82, 2.24) is 0 Å². The molecule has 12 heteroatoms. The van der Waals surface area contributed by atoms with Gasteiger partial charge in [-0.1, -0.05) is 12.1 Å². The molecule has 5 rings (SSSR count). The van der Waals surface area contributed by atoms with E-state index in [1.807, 2.05) is 0 Å². The quantitative estimate of drug-likeness (QED) is 0.246. The Morgan fingerprint density at radius 2 is 1.85 bits per heavy atom. The number of ketones is 3. The van der Waals surface area contributed by atoms with Crippen LogP contribution < -0.4 is 10.5 Å². The van der Waals surface area contributed by atoms with Gasteiger partial charge in [-0.05, 0) is 25.8 Å². The number of hydrogen-bond donors (Lipinski definition) is 6. The number of carbonyl (C=O) groups is 3. The first-order chi connectivity index (χ1) is 18.5. The summed E-state index contributed by atoms with van der Waals surface area (Å²) in [5, 5.41) is 50.8. The number of rotatable bonds is 5. The summed E-state index contributed by atoms with van der Waals surface area (Å²) in [7, 11) is 1.33. The van der Waals surface area contributed by atoms with Gasteiger partial charge in [-0.15, -0.1) is 0 Å². The van der Waals surface area contributed by atoms with Crippen LogP contribution in [-0.2, 0) is 20.7 Å². The summed E-state index contributed by atoms with van der Waals surface area (Å²) in [6.07, 6.45) is -4.82. The molecule has 2 aromatic carbocycles. The molecule has 1 aliphatic heterocycles. The van der Waals surface area contributed by atoms with E-state index in [0.717, 1.165) is 0 Å². The van der Waals surface area contributed by atoms with Crippen LogP contribution in [0.3, 0.4) is 0 Å². The van der Waals surface area contributed by atoms with Gasteiger partial charge in [0.1, 0.15) is 30.0 Å². The number of aliphatic hydroxyl groups is 2. The second-order valence-electron chi connectivity index (χ2n) is 9.91. The van der Waals surface area contributed by atoms with Gasteiger partial charge in [-0.3, -0.25) is 14.4 Å². The van der Waals surface area contributed by atoms with Crippen LogP contribution in [0.15, 0.2) is 18.2 Å². The molecule has 0 bridgehead atoms. The zero-order valence-corrected chi connectivity index (χ0v) is 21.1. The van der Waals surface area contributed by atoms with Crippen LogP contribution in [0, 0.1) is 11.3 Å². The minimum atomic E-state index is -1.38. The van der Waals surface area contributed by atoms with Crippen molar-refractivity contribution in [3.05, 3.63) is 51.6 Å². The number of ether oxygens (including phenoxy) is 3. The Labute approximate surface area is 222 Å². The van der Waals surface area contributed by atoms with Crippen molar-refractivity contribution in [1.29, 1.82) is 5.41 Å². The molecule has 0 radical (unpaired) electrons. The number of Topliss-reactive ketones (excluding diaryl/α,β-unsaturated/α-hetero) is 1. The zero-order chi connectivity index (χ0) is 28.3. The number of benzene rings is 2. The summed E-state index contributed by atoms with van der Waals surface area (Å²) in [4.78, 5) is 39.7. The fourth-order valence-corrected chi connectivity index (χ4v) is 5.61. The lowest BCUT2D eigenvalue weighted by atomic mass is 9.73. The highest BCUT2D eigenvalue weighted by Crippen LogP contribution is 2.51. The van der Waals surface area contributed by atoms with E-state index in [4.69, 9.17) is 25.4 Å². The Balaban J connectivity index is 1.67. The molecule has 7 N–H and O–H groups in total. The van der Waals surface area contributed by atoms with Gasteiger partial charge in [0.05, 0.1) is 47.8 Å². The van der Waals surface area contributed by atoms with Crippen LogP contribution in [-0.4, -0.2) is 81.7 Å². The molecule has 2 aromatic rings. The van der Waals surface area contributed by atoms with Gasteiger partial charge in [0, 0.05) is 22.6 Å². The summed E-state index contributed by atoms with van der Waals surface area (Å²) in [5.74, 6) is -4.01. The van der Waals surface area contributed by atoms with E-state index in [1.165, 1.54) is 32.2 Å². The Hall–Kier alpha value is -3.68. The molecular weight excluding hydrogens is 512 g/mol. The number of phenolic OH excluding ortho intramolecular Hbond substituents is 2. The van der Waals surface area contributed by atoms with Gasteiger partial charge in [0.2, 0.25) is 5.78 Å². The van der Waals surface area contributed by atoms with Crippen LogP contribution in [0.25, 0.3) is 0 Å². The molecule has 3 aliphatic rings. The molecule has 0 aromatic heterocycles. The van der Waals surface area contributed by atoms with E-state index in [2.05, 4.69) is 0 Å². The number of hydrogen-bond acceptors (Lipinski definition) is 12. The molecule has 206 valence electrons. The topological polar surface area (TPSA) is 210 Å². The maximum absolute atomic E-state index is 13.6. The lowest BCUT2D eigenvalue weighted by molar-refractivity contribution is -0.194. The molecule has 0 saturated carbocycles. The number of carbonyl (C=O) groups excluding carboxylic acids is 3. The second-order valence-corrected chi connectivity index (χ2v) is 9.91. The van der Waals surface area contributed by atoms with Crippen molar-refractivity contribution in [2.75, 3.05) is 13.7 Å². The van der Waals surface area contributed by atoms with Gasteiger partial charge >= 0.3 is 0 Å². The van der Waals surface area contributed by atoms with Crippen molar-refractivity contribution < 1.29 is 49.0 Å². The summed E-state index contributed by atoms with van der Waals surface area (Å²) in [6, 6.07) is 3.31. The third-order valence-electron chi connectivity index (χ3n) is 7.73. The van der Waals surface area contributed by atoms with Crippen molar-refractivity contribution in [2.45, 2.75) is 50.4 Å².